The molecule has 0 aromatic rings. The minimum absolute atomic E-state index is 0.476. The Labute approximate surface area is 51.0 Å². The lowest BCUT2D eigenvalue weighted by Crippen LogP contribution is -2.12. The molecule has 1 aliphatic rings. The van der Waals surface area contributed by atoms with Gasteiger partial charge in [0, 0.05) is 0 Å². The van der Waals surface area contributed by atoms with Crippen molar-refractivity contribution < 1.29 is 4.74 Å². The summed E-state index contributed by atoms with van der Waals surface area (Å²) < 4.78 is 4.94. The molecule has 1 aliphatic carbocycles. The summed E-state index contributed by atoms with van der Waals surface area (Å²) in [6.07, 6.45) is 6.98. The van der Waals surface area contributed by atoms with E-state index in [0.717, 1.165) is 0 Å². The highest BCUT2D eigenvalue weighted by Crippen LogP contribution is 2.19. The molecule has 0 spiro atoms. The van der Waals surface area contributed by atoms with Crippen molar-refractivity contribution in [2.45, 2.75) is 38.2 Å². The molecule has 1 fully saturated rings. The van der Waals surface area contributed by atoms with E-state index in [2.05, 4.69) is 7.11 Å². The van der Waals surface area contributed by atoms with Gasteiger partial charge in [-0.25, -0.2) is 0 Å². The third kappa shape index (κ3) is 1.48. The predicted octanol–water partition coefficient (Wildman–Crippen LogP) is 2.13. The van der Waals surface area contributed by atoms with Crippen LogP contribution in [0.4, 0.5) is 0 Å². The monoisotopic (exact) mass is 113 g/mol. The summed E-state index contributed by atoms with van der Waals surface area (Å²) in [6.45, 7) is 0. The number of rotatable bonds is 1. The maximum absolute atomic E-state index is 4.94. The van der Waals surface area contributed by atoms with Gasteiger partial charge in [0.2, 0.25) is 0 Å². The lowest BCUT2D eigenvalue weighted by Gasteiger charge is -2.18. The second-order valence-electron chi connectivity index (χ2n) is 2.43. The minimum Gasteiger partial charge on any atom is -0.376 e. The Bertz CT molecular complexity index is 55.4. The summed E-state index contributed by atoms with van der Waals surface area (Å²) in [4.78, 5) is 0. The van der Waals surface area contributed by atoms with Crippen molar-refractivity contribution in [1.82, 2.24) is 0 Å². The molecule has 8 heavy (non-hydrogen) atoms. The molecule has 0 saturated heterocycles. The molecule has 1 nitrogen and oxygen atoms in total. The largest absolute Gasteiger partial charge is 0.376 e. The van der Waals surface area contributed by atoms with Gasteiger partial charge in [0.05, 0.1) is 13.2 Å². The first-order valence-electron chi connectivity index (χ1n) is 3.34. The van der Waals surface area contributed by atoms with Crippen molar-refractivity contribution in [3.05, 3.63) is 7.11 Å². The summed E-state index contributed by atoms with van der Waals surface area (Å²) in [6, 6.07) is 0. The summed E-state index contributed by atoms with van der Waals surface area (Å²) >= 11 is 0. The van der Waals surface area contributed by atoms with E-state index >= 15 is 0 Å². The van der Waals surface area contributed by atoms with Crippen LogP contribution in [-0.4, -0.2) is 6.10 Å². The van der Waals surface area contributed by atoms with Gasteiger partial charge >= 0.3 is 0 Å². The number of hydrogen-bond acceptors (Lipinski definition) is 1. The van der Waals surface area contributed by atoms with Crippen LogP contribution in [0.3, 0.4) is 0 Å². The molecule has 0 amide bonds. The van der Waals surface area contributed by atoms with E-state index in [1.54, 1.807) is 0 Å². The molecule has 0 atom stereocenters. The number of hydrogen-bond donors (Lipinski definition) is 0. The highest BCUT2D eigenvalue weighted by atomic mass is 16.5. The normalized spacial score (nSPS) is 23.6. The molecule has 0 bridgehead atoms. The fourth-order valence-corrected chi connectivity index (χ4v) is 1.23. The molecule has 0 unspecified atom stereocenters. The number of ether oxygens (including phenoxy) is 1. The standard InChI is InChI=1S/C7H13O/c1-8-7-5-3-2-4-6-7/h7H,1-6H2. The van der Waals surface area contributed by atoms with Crippen LogP contribution < -0.4 is 0 Å². The SMILES string of the molecule is [CH2]OC1CCCCC1. The Kier molecular flexibility index (Phi) is 2.34. The van der Waals surface area contributed by atoms with Crippen LogP contribution in [-0.2, 0) is 4.74 Å². The zero-order valence-corrected chi connectivity index (χ0v) is 5.23. The molecular weight excluding hydrogens is 100 g/mol. The van der Waals surface area contributed by atoms with Crippen molar-refractivity contribution in [2.24, 2.45) is 0 Å². The first-order chi connectivity index (χ1) is 3.93. The van der Waals surface area contributed by atoms with Crippen molar-refractivity contribution in [2.75, 3.05) is 0 Å². The van der Waals surface area contributed by atoms with Crippen LogP contribution in [0.5, 0.6) is 0 Å². The Morgan fingerprint density at radius 3 is 2.12 bits per heavy atom. The zero-order chi connectivity index (χ0) is 5.82. The van der Waals surface area contributed by atoms with Gasteiger partial charge in [0.15, 0.2) is 0 Å². The maximum atomic E-state index is 4.94. The van der Waals surface area contributed by atoms with Crippen molar-refractivity contribution >= 4 is 0 Å². The van der Waals surface area contributed by atoms with Crippen LogP contribution >= 0.6 is 0 Å². The van der Waals surface area contributed by atoms with Crippen LogP contribution in [0.2, 0.25) is 0 Å². The zero-order valence-electron chi connectivity index (χ0n) is 5.23. The summed E-state index contributed by atoms with van der Waals surface area (Å²) in [5.74, 6) is 0. The fraction of sp³-hybridized carbons (Fsp3) is 0.857. The average molecular weight is 113 g/mol. The highest BCUT2D eigenvalue weighted by Gasteiger charge is 2.10. The van der Waals surface area contributed by atoms with Crippen molar-refractivity contribution in [3.63, 3.8) is 0 Å². The van der Waals surface area contributed by atoms with E-state index < -0.39 is 0 Å². The van der Waals surface area contributed by atoms with Gasteiger partial charge < -0.3 is 4.74 Å². The van der Waals surface area contributed by atoms with E-state index in [9.17, 15) is 0 Å². The Morgan fingerprint density at radius 2 is 1.75 bits per heavy atom. The van der Waals surface area contributed by atoms with Crippen LogP contribution in [0.1, 0.15) is 32.1 Å². The van der Waals surface area contributed by atoms with Gasteiger partial charge in [-0.1, -0.05) is 19.3 Å². The molecular formula is C7H13O. The lowest BCUT2D eigenvalue weighted by molar-refractivity contribution is 0.101. The topological polar surface area (TPSA) is 9.23 Å². The van der Waals surface area contributed by atoms with Gasteiger partial charge in [0.25, 0.3) is 0 Å². The van der Waals surface area contributed by atoms with Gasteiger partial charge in [-0.3, -0.25) is 0 Å². The molecule has 0 aromatic carbocycles. The second kappa shape index (κ2) is 3.08. The first-order valence-corrected chi connectivity index (χ1v) is 3.34. The third-order valence-electron chi connectivity index (χ3n) is 1.79. The molecule has 1 saturated carbocycles. The van der Waals surface area contributed by atoms with Gasteiger partial charge in [-0.2, -0.15) is 0 Å². The lowest BCUT2D eigenvalue weighted by atomic mass is 9.98. The molecule has 1 radical (unpaired) electrons. The Balaban J connectivity index is 2.13. The minimum atomic E-state index is 0.476. The van der Waals surface area contributed by atoms with Gasteiger partial charge in [-0.15, -0.1) is 0 Å². The van der Waals surface area contributed by atoms with Gasteiger partial charge in [-0.05, 0) is 12.8 Å². The van der Waals surface area contributed by atoms with Crippen LogP contribution in [0.25, 0.3) is 0 Å². The molecule has 1 heteroatoms. The summed E-state index contributed by atoms with van der Waals surface area (Å²) in [5, 5.41) is 0. The fourth-order valence-electron chi connectivity index (χ4n) is 1.23. The van der Waals surface area contributed by atoms with E-state index in [4.69, 9.17) is 4.74 Å². The van der Waals surface area contributed by atoms with E-state index in [1.807, 2.05) is 0 Å². The van der Waals surface area contributed by atoms with E-state index in [0.29, 0.717) is 6.10 Å². The Morgan fingerprint density at radius 1 is 1.12 bits per heavy atom. The summed E-state index contributed by atoms with van der Waals surface area (Å²) in [7, 11) is 3.41. The maximum Gasteiger partial charge on any atom is 0.0704 e. The highest BCUT2D eigenvalue weighted by molar-refractivity contribution is 4.64. The second-order valence-corrected chi connectivity index (χ2v) is 2.43. The Hall–Kier alpha value is -0.0400. The molecule has 0 N–H and O–H groups in total. The van der Waals surface area contributed by atoms with Crippen LogP contribution in [0, 0.1) is 7.11 Å². The van der Waals surface area contributed by atoms with E-state index in [-0.39, 0.29) is 0 Å². The van der Waals surface area contributed by atoms with Crippen LogP contribution in [0.15, 0.2) is 0 Å². The third-order valence-corrected chi connectivity index (χ3v) is 1.79. The van der Waals surface area contributed by atoms with E-state index in [1.165, 1.54) is 32.1 Å². The first kappa shape index (κ1) is 6.09. The van der Waals surface area contributed by atoms with Crippen molar-refractivity contribution in [1.29, 1.82) is 0 Å². The average Bonchev–Trinajstić information content (AvgIpc) is 1.90. The van der Waals surface area contributed by atoms with Gasteiger partial charge in [0.1, 0.15) is 0 Å². The molecule has 47 valence electrons. The smallest absolute Gasteiger partial charge is 0.0704 e. The molecule has 0 aromatic heterocycles. The summed E-state index contributed by atoms with van der Waals surface area (Å²) in [5.41, 5.74) is 0. The predicted molar refractivity (Wildman–Crippen MR) is 33.3 cm³/mol. The molecule has 0 aliphatic heterocycles. The molecule has 1 rings (SSSR count). The molecule has 0 heterocycles. The quantitative estimate of drug-likeness (QED) is 0.506. The van der Waals surface area contributed by atoms with Crippen molar-refractivity contribution in [3.8, 4) is 0 Å².